The van der Waals surface area contributed by atoms with Crippen LogP contribution in [0.5, 0.6) is 5.88 Å². The number of nitrogens with zero attached hydrogens (tertiary/aromatic N) is 1. The maximum atomic E-state index is 11.2. The minimum absolute atomic E-state index is 0.0357. The number of methoxy groups -OCH3 is 1. The van der Waals surface area contributed by atoms with E-state index in [4.69, 9.17) is 22.7 Å². The minimum Gasteiger partial charge on any atom is -0.481 e. The molecule has 3 N–H and O–H groups in total. The largest absolute Gasteiger partial charge is 0.481 e. The third-order valence-electron chi connectivity index (χ3n) is 1.51. The van der Waals surface area contributed by atoms with Gasteiger partial charge in [-0.05, 0) is 12.2 Å². The van der Waals surface area contributed by atoms with Crippen molar-refractivity contribution in [3.8, 4) is 5.88 Å². The number of hydrogen-bond donors (Lipinski definition) is 2. The maximum Gasteiger partial charge on any atom is 0.281 e. The van der Waals surface area contributed by atoms with Crippen LogP contribution in [0.15, 0.2) is 4.79 Å². The van der Waals surface area contributed by atoms with Gasteiger partial charge >= 0.3 is 0 Å². The summed E-state index contributed by atoms with van der Waals surface area (Å²) in [5, 5.41) is 0. The van der Waals surface area contributed by atoms with Crippen LogP contribution >= 0.6 is 12.2 Å². The SMILES string of the molecule is COc1[nH]c(=S)n(C)c(=O)c1N. The van der Waals surface area contributed by atoms with Crippen LogP contribution in [0, 0.1) is 4.77 Å². The Hall–Kier alpha value is -1.30. The van der Waals surface area contributed by atoms with Crippen LogP contribution in [0.3, 0.4) is 0 Å². The lowest BCUT2D eigenvalue weighted by Gasteiger charge is -2.05. The molecule has 66 valence electrons. The molecule has 6 heteroatoms. The summed E-state index contributed by atoms with van der Waals surface area (Å²) in [6.07, 6.45) is 0. The van der Waals surface area contributed by atoms with Crippen molar-refractivity contribution in [2.24, 2.45) is 7.05 Å². The summed E-state index contributed by atoms with van der Waals surface area (Å²) in [5.41, 5.74) is 5.11. The second-order valence-electron chi connectivity index (χ2n) is 2.24. The molecule has 5 nitrogen and oxygen atoms in total. The molecule has 0 atom stereocenters. The van der Waals surface area contributed by atoms with Crippen molar-refractivity contribution in [3.63, 3.8) is 0 Å². The van der Waals surface area contributed by atoms with E-state index in [1.54, 1.807) is 0 Å². The molecule has 0 unspecified atom stereocenters. The van der Waals surface area contributed by atoms with Crippen LogP contribution in [0.25, 0.3) is 0 Å². The first-order valence-corrected chi connectivity index (χ1v) is 3.61. The fourth-order valence-electron chi connectivity index (χ4n) is 0.779. The highest BCUT2D eigenvalue weighted by Gasteiger charge is 2.05. The highest BCUT2D eigenvalue weighted by atomic mass is 32.1. The summed E-state index contributed by atoms with van der Waals surface area (Å²) < 4.78 is 6.33. The van der Waals surface area contributed by atoms with Gasteiger partial charge in [-0.1, -0.05) is 0 Å². The molecular weight excluding hydrogens is 178 g/mol. The zero-order valence-electron chi connectivity index (χ0n) is 6.75. The van der Waals surface area contributed by atoms with E-state index in [0.717, 1.165) is 0 Å². The van der Waals surface area contributed by atoms with E-state index in [9.17, 15) is 4.79 Å². The molecule has 0 aromatic carbocycles. The number of H-pyrrole nitrogens is 1. The lowest BCUT2D eigenvalue weighted by Crippen LogP contribution is -2.22. The molecule has 1 aromatic heterocycles. The number of aromatic nitrogens is 2. The van der Waals surface area contributed by atoms with E-state index in [1.165, 1.54) is 18.7 Å². The summed E-state index contributed by atoms with van der Waals surface area (Å²) >= 11 is 4.83. The van der Waals surface area contributed by atoms with Crippen LogP contribution in [0.4, 0.5) is 5.69 Å². The van der Waals surface area contributed by atoms with Gasteiger partial charge in [0.15, 0.2) is 10.5 Å². The Balaban J connectivity index is 3.61. The van der Waals surface area contributed by atoms with Gasteiger partial charge in [0.1, 0.15) is 0 Å². The lowest BCUT2D eigenvalue weighted by atomic mass is 10.5. The van der Waals surface area contributed by atoms with Crippen LogP contribution in [0.2, 0.25) is 0 Å². The van der Waals surface area contributed by atoms with Crippen molar-refractivity contribution < 1.29 is 4.74 Å². The second-order valence-corrected chi connectivity index (χ2v) is 2.63. The van der Waals surface area contributed by atoms with Crippen molar-refractivity contribution in [1.29, 1.82) is 0 Å². The van der Waals surface area contributed by atoms with Gasteiger partial charge in [-0.2, -0.15) is 0 Å². The number of anilines is 1. The molecule has 0 radical (unpaired) electrons. The van der Waals surface area contributed by atoms with E-state index in [1.807, 2.05) is 0 Å². The zero-order valence-corrected chi connectivity index (χ0v) is 7.57. The molecule has 0 saturated heterocycles. The molecule has 0 bridgehead atoms. The van der Waals surface area contributed by atoms with Crippen molar-refractivity contribution in [2.75, 3.05) is 12.8 Å². The van der Waals surface area contributed by atoms with Crippen LogP contribution < -0.4 is 16.0 Å². The van der Waals surface area contributed by atoms with Gasteiger partial charge in [-0.3, -0.25) is 9.36 Å². The number of nitrogens with two attached hydrogens (primary N) is 1. The fourth-order valence-corrected chi connectivity index (χ4v) is 0.955. The molecule has 1 heterocycles. The monoisotopic (exact) mass is 187 g/mol. The Labute approximate surface area is 73.8 Å². The molecule has 1 aromatic rings. The average Bonchev–Trinajstić information content (AvgIpc) is 2.08. The Morgan fingerprint density at radius 3 is 2.75 bits per heavy atom. The number of ether oxygens (including phenoxy) is 1. The quantitative estimate of drug-likeness (QED) is 0.608. The van der Waals surface area contributed by atoms with Crippen molar-refractivity contribution >= 4 is 17.9 Å². The number of rotatable bonds is 1. The fraction of sp³-hybridized carbons (Fsp3) is 0.333. The Morgan fingerprint density at radius 1 is 1.67 bits per heavy atom. The first kappa shape index (κ1) is 8.79. The maximum absolute atomic E-state index is 11.2. The van der Waals surface area contributed by atoms with Gasteiger partial charge in [-0.25, -0.2) is 0 Å². The summed E-state index contributed by atoms with van der Waals surface area (Å²) in [4.78, 5) is 13.9. The third-order valence-corrected chi connectivity index (χ3v) is 1.88. The van der Waals surface area contributed by atoms with Gasteiger partial charge in [0, 0.05) is 7.05 Å². The molecule has 1 rings (SSSR count). The van der Waals surface area contributed by atoms with E-state index in [0.29, 0.717) is 0 Å². The van der Waals surface area contributed by atoms with Gasteiger partial charge in [0.05, 0.1) is 7.11 Å². The van der Waals surface area contributed by atoms with Crippen molar-refractivity contribution in [2.45, 2.75) is 0 Å². The summed E-state index contributed by atoms with van der Waals surface area (Å²) in [6, 6.07) is 0. The highest BCUT2D eigenvalue weighted by Crippen LogP contribution is 2.10. The Kier molecular flexibility index (Phi) is 2.18. The van der Waals surface area contributed by atoms with Gasteiger partial charge < -0.3 is 15.5 Å². The molecule has 0 aliphatic rings. The first-order valence-electron chi connectivity index (χ1n) is 3.20. The third kappa shape index (κ3) is 1.20. The summed E-state index contributed by atoms with van der Waals surface area (Å²) in [6.45, 7) is 0. The molecular formula is C6H9N3O2S. The van der Waals surface area contributed by atoms with E-state index < -0.39 is 0 Å². The Morgan fingerprint density at radius 2 is 2.25 bits per heavy atom. The highest BCUT2D eigenvalue weighted by molar-refractivity contribution is 7.71. The van der Waals surface area contributed by atoms with E-state index in [-0.39, 0.29) is 21.9 Å². The number of hydrogen-bond acceptors (Lipinski definition) is 4. The second kappa shape index (κ2) is 2.98. The van der Waals surface area contributed by atoms with Gasteiger partial charge in [-0.15, -0.1) is 0 Å². The van der Waals surface area contributed by atoms with Gasteiger partial charge in [0.25, 0.3) is 5.56 Å². The normalized spacial score (nSPS) is 9.83. The van der Waals surface area contributed by atoms with Crippen molar-refractivity contribution in [1.82, 2.24) is 9.55 Å². The lowest BCUT2D eigenvalue weighted by molar-refractivity contribution is 0.396. The van der Waals surface area contributed by atoms with Crippen LogP contribution in [0.1, 0.15) is 0 Å². The minimum atomic E-state index is -0.351. The predicted molar refractivity (Wildman–Crippen MR) is 47.8 cm³/mol. The van der Waals surface area contributed by atoms with E-state index in [2.05, 4.69) is 4.98 Å². The smallest absolute Gasteiger partial charge is 0.281 e. The molecule has 0 fully saturated rings. The molecule has 0 amide bonds. The number of aromatic amines is 1. The van der Waals surface area contributed by atoms with Gasteiger partial charge in [0.2, 0.25) is 5.88 Å². The average molecular weight is 187 g/mol. The Bertz CT molecular complexity index is 406. The molecule has 0 aliphatic heterocycles. The molecule has 0 spiro atoms. The predicted octanol–water partition coefficient (Wildman–Crippen LogP) is 0.0337. The molecule has 12 heavy (non-hydrogen) atoms. The van der Waals surface area contributed by atoms with E-state index >= 15 is 0 Å². The number of nitrogen functional groups attached to an aromatic ring is 1. The zero-order chi connectivity index (χ0) is 9.30. The number of nitrogens with one attached hydrogen (secondary N) is 1. The summed E-state index contributed by atoms with van der Waals surface area (Å²) in [5.74, 6) is 0.211. The first-order chi connectivity index (χ1) is 5.57. The molecule has 0 aliphatic carbocycles. The summed E-state index contributed by atoms with van der Waals surface area (Å²) in [7, 11) is 2.95. The van der Waals surface area contributed by atoms with Crippen LogP contribution in [-0.4, -0.2) is 16.7 Å². The van der Waals surface area contributed by atoms with Crippen molar-refractivity contribution in [3.05, 3.63) is 15.1 Å². The standard InChI is InChI=1S/C6H9N3O2S/c1-9-5(10)3(7)4(11-2)8-6(9)12/h7H2,1-2H3,(H,8,12). The molecule has 0 saturated carbocycles. The topological polar surface area (TPSA) is 73.0 Å². The van der Waals surface area contributed by atoms with Crippen LogP contribution in [-0.2, 0) is 7.05 Å².